The lowest BCUT2D eigenvalue weighted by molar-refractivity contribution is 0.477. The summed E-state index contributed by atoms with van der Waals surface area (Å²) in [7, 11) is 0. The predicted molar refractivity (Wildman–Crippen MR) is 109 cm³/mol. The van der Waals surface area contributed by atoms with Gasteiger partial charge in [0.2, 0.25) is 0 Å². The molecule has 2 aromatic carbocycles. The Kier molecular flexibility index (Phi) is 4.54. The van der Waals surface area contributed by atoms with Crippen LogP contribution in [0.15, 0.2) is 60.7 Å². The number of anilines is 3. The molecule has 1 fully saturated rings. The van der Waals surface area contributed by atoms with Crippen LogP contribution in [0, 0.1) is 0 Å². The van der Waals surface area contributed by atoms with Crippen LogP contribution in [-0.2, 0) is 0 Å². The summed E-state index contributed by atoms with van der Waals surface area (Å²) in [6, 6.07) is 19.8. The van der Waals surface area contributed by atoms with Gasteiger partial charge in [0, 0.05) is 36.9 Å². The van der Waals surface area contributed by atoms with Crippen LogP contribution in [0.25, 0.3) is 11.3 Å². The second-order valence-corrected chi connectivity index (χ2v) is 6.84. The third-order valence-electron chi connectivity index (χ3n) is 5.04. The van der Waals surface area contributed by atoms with E-state index in [1.54, 1.807) is 12.1 Å². The lowest BCUT2D eigenvalue weighted by Crippen LogP contribution is -2.52. The number of aromatic nitrogens is 2. The summed E-state index contributed by atoms with van der Waals surface area (Å²) in [5, 5.41) is 18.4. The first-order valence-electron chi connectivity index (χ1n) is 9.11. The van der Waals surface area contributed by atoms with Crippen molar-refractivity contribution in [1.29, 1.82) is 0 Å². The summed E-state index contributed by atoms with van der Waals surface area (Å²) < 4.78 is 0. The number of para-hydroxylation sites is 2. The van der Waals surface area contributed by atoms with Gasteiger partial charge in [-0.15, -0.1) is 10.2 Å². The van der Waals surface area contributed by atoms with Crippen molar-refractivity contribution in [3.05, 3.63) is 60.7 Å². The predicted octanol–water partition coefficient (Wildman–Crippen LogP) is 3.15. The summed E-state index contributed by atoms with van der Waals surface area (Å²) in [6.45, 7) is 4.80. The number of aromatic hydroxyl groups is 1. The van der Waals surface area contributed by atoms with E-state index in [1.807, 2.05) is 24.3 Å². The fourth-order valence-electron chi connectivity index (χ4n) is 3.65. The molecule has 0 amide bonds. The van der Waals surface area contributed by atoms with Gasteiger partial charge in [0.25, 0.3) is 0 Å². The van der Waals surface area contributed by atoms with Gasteiger partial charge in [-0.3, -0.25) is 0 Å². The fraction of sp³-hybridized carbons (Fsp3) is 0.238. The van der Waals surface area contributed by atoms with E-state index in [0.29, 0.717) is 23.1 Å². The molecule has 138 valence electrons. The Labute approximate surface area is 158 Å². The lowest BCUT2D eigenvalue weighted by atomic mass is 10.1. The van der Waals surface area contributed by atoms with Gasteiger partial charge in [0.1, 0.15) is 5.75 Å². The van der Waals surface area contributed by atoms with Crippen molar-refractivity contribution >= 4 is 17.2 Å². The molecule has 3 N–H and O–H groups in total. The Bertz CT molecular complexity index is 931. The SMILES string of the molecule is CC1CN(c2cc(-c3ccccc3O)nnc2N)CCN1c1ccccc1. The number of hydrogen-bond donors (Lipinski definition) is 2. The first-order valence-corrected chi connectivity index (χ1v) is 9.11. The molecule has 1 atom stereocenters. The van der Waals surface area contributed by atoms with Crippen LogP contribution in [0.5, 0.6) is 5.75 Å². The fourth-order valence-corrected chi connectivity index (χ4v) is 3.65. The topological polar surface area (TPSA) is 78.5 Å². The van der Waals surface area contributed by atoms with Gasteiger partial charge in [0.15, 0.2) is 5.82 Å². The summed E-state index contributed by atoms with van der Waals surface area (Å²) in [5.41, 5.74) is 9.51. The smallest absolute Gasteiger partial charge is 0.169 e. The number of benzene rings is 2. The zero-order chi connectivity index (χ0) is 18.8. The number of phenols is 1. The zero-order valence-corrected chi connectivity index (χ0v) is 15.3. The maximum absolute atomic E-state index is 10.1. The number of phenolic OH excluding ortho intramolecular Hbond substituents is 1. The van der Waals surface area contributed by atoms with Crippen LogP contribution < -0.4 is 15.5 Å². The monoisotopic (exact) mass is 361 g/mol. The largest absolute Gasteiger partial charge is 0.507 e. The molecule has 0 radical (unpaired) electrons. The lowest BCUT2D eigenvalue weighted by Gasteiger charge is -2.42. The first kappa shape index (κ1) is 17.1. The average Bonchev–Trinajstić information content (AvgIpc) is 2.69. The van der Waals surface area contributed by atoms with E-state index < -0.39 is 0 Å². The van der Waals surface area contributed by atoms with Crippen LogP contribution >= 0.6 is 0 Å². The Morgan fingerprint density at radius 1 is 1.00 bits per heavy atom. The second kappa shape index (κ2) is 7.15. The minimum atomic E-state index is 0.185. The Morgan fingerprint density at radius 2 is 1.74 bits per heavy atom. The molecule has 0 spiro atoms. The maximum atomic E-state index is 10.1. The molecule has 4 rings (SSSR count). The third kappa shape index (κ3) is 3.38. The highest BCUT2D eigenvalue weighted by molar-refractivity contribution is 5.74. The molecule has 2 heterocycles. The molecule has 1 aliphatic heterocycles. The van der Waals surface area contributed by atoms with Crippen molar-refractivity contribution in [1.82, 2.24) is 10.2 Å². The van der Waals surface area contributed by atoms with Crippen LogP contribution in [0.3, 0.4) is 0 Å². The molecule has 1 aliphatic rings. The molecule has 0 saturated carbocycles. The van der Waals surface area contributed by atoms with E-state index in [-0.39, 0.29) is 5.75 Å². The van der Waals surface area contributed by atoms with Gasteiger partial charge in [0.05, 0.1) is 11.4 Å². The van der Waals surface area contributed by atoms with Crippen molar-refractivity contribution in [3.63, 3.8) is 0 Å². The summed E-state index contributed by atoms with van der Waals surface area (Å²) in [4.78, 5) is 4.66. The van der Waals surface area contributed by atoms with Gasteiger partial charge < -0.3 is 20.6 Å². The van der Waals surface area contributed by atoms with Gasteiger partial charge in [-0.1, -0.05) is 30.3 Å². The molecule has 0 bridgehead atoms. The molecule has 3 aromatic rings. The number of rotatable bonds is 3. The van der Waals surface area contributed by atoms with Crippen LogP contribution in [0.2, 0.25) is 0 Å². The summed E-state index contributed by atoms with van der Waals surface area (Å²) >= 11 is 0. The molecule has 1 aromatic heterocycles. The zero-order valence-electron chi connectivity index (χ0n) is 15.3. The molecule has 6 nitrogen and oxygen atoms in total. The second-order valence-electron chi connectivity index (χ2n) is 6.84. The Morgan fingerprint density at radius 3 is 2.48 bits per heavy atom. The molecule has 1 saturated heterocycles. The van der Waals surface area contributed by atoms with E-state index in [9.17, 15) is 5.11 Å². The average molecular weight is 361 g/mol. The van der Waals surface area contributed by atoms with Crippen LogP contribution in [0.4, 0.5) is 17.2 Å². The van der Waals surface area contributed by atoms with Crippen molar-refractivity contribution < 1.29 is 5.11 Å². The Hall–Kier alpha value is -3.28. The number of nitrogens with two attached hydrogens (primary N) is 1. The van der Waals surface area contributed by atoms with E-state index >= 15 is 0 Å². The van der Waals surface area contributed by atoms with Gasteiger partial charge in [-0.2, -0.15) is 0 Å². The number of nitrogens with zero attached hydrogens (tertiary/aromatic N) is 4. The van der Waals surface area contributed by atoms with Gasteiger partial charge >= 0.3 is 0 Å². The molecule has 27 heavy (non-hydrogen) atoms. The highest BCUT2D eigenvalue weighted by Gasteiger charge is 2.26. The first-order chi connectivity index (χ1) is 13.1. The highest BCUT2D eigenvalue weighted by atomic mass is 16.3. The van der Waals surface area contributed by atoms with Crippen molar-refractivity contribution in [2.24, 2.45) is 0 Å². The van der Waals surface area contributed by atoms with Crippen molar-refractivity contribution in [2.45, 2.75) is 13.0 Å². The molecule has 1 unspecified atom stereocenters. The van der Waals surface area contributed by atoms with Crippen LogP contribution in [0.1, 0.15) is 6.92 Å². The van der Waals surface area contributed by atoms with Crippen molar-refractivity contribution in [3.8, 4) is 17.0 Å². The van der Waals surface area contributed by atoms with Crippen molar-refractivity contribution in [2.75, 3.05) is 35.2 Å². The highest BCUT2D eigenvalue weighted by Crippen LogP contribution is 2.32. The van der Waals surface area contributed by atoms with Gasteiger partial charge in [-0.05, 0) is 37.3 Å². The quantitative estimate of drug-likeness (QED) is 0.746. The third-order valence-corrected chi connectivity index (χ3v) is 5.04. The minimum Gasteiger partial charge on any atom is -0.507 e. The standard InChI is InChI=1S/C21H23N5O/c1-15-14-25(11-12-26(15)16-7-3-2-4-8-16)19-13-18(23-24-21(19)22)17-9-5-6-10-20(17)27/h2-10,13,15,27H,11-12,14H2,1H3,(H2,22,24). The molecular weight excluding hydrogens is 338 g/mol. The van der Waals surface area contributed by atoms with E-state index in [2.05, 4.69) is 51.2 Å². The van der Waals surface area contributed by atoms with E-state index in [1.165, 1.54) is 5.69 Å². The number of hydrogen-bond acceptors (Lipinski definition) is 6. The normalized spacial score (nSPS) is 17.1. The maximum Gasteiger partial charge on any atom is 0.169 e. The number of piperazine rings is 1. The van der Waals surface area contributed by atoms with Gasteiger partial charge in [-0.25, -0.2) is 0 Å². The number of nitrogen functional groups attached to an aromatic ring is 1. The van der Waals surface area contributed by atoms with E-state index in [4.69, 9.17) is 5.73 Å². The summed E-state index contributed by atoms with van der Waals surface area (Å²) in [6.07, 6.45) is 0. The summed E-state index contributed by atoms with van der Waals surface area (Å²) in [5.74, 6) is 0.597. The van der Waals surface area contributed by atoms with Crippen LogP contribution in [-0.4, -0.2) is 41.0 Å². The van der Waals surface area contributed by atoms with E-state index in [0.717, 1.165) is 25.3 Å². The molecule has 6 heteroatoms. The minimum absolute atomic E-state index is 0.185. The Balaban J connectivity index is 1.59. The molecule has 0 aliphatic carbocycles. The molecular formula is C21H23N5O.